The van der Waals surface area contributed by atoms with Gasteiger partial charge in [-0.2, -0.15) is 0 Å². The molecule has 0 fully saturated rings. The highest BCUT2D eigenvalue weighted by Gasteiger charge is 2.32. The Labute approximate surface area is 119 Å². The number of allylic oxidation sites excluding steroid dienone is 2. The SMILES string of the molecule is C#CCOC(=O)NC1=C(Cl)C(=O)c2ccccc2C1=O. The van der Waals surface area contributed by atoms with E-state index in [1.54, 1.807) is 12.1 Å². The highest BCUT2D eigenvalue weighted by molar-refractivity contribution is 6.50. The van der Waals surface area contributed by atoms with E-state index >= 15 is 0 Å². The van der Waals surface area contributed by atoms with Crippen molar-refractivity contribution >= 4 is 29.3 Å². The first kappa shape index (κ1) is 13.8. The molecule has 1 amide bonds. The van der Waals surface area contributed by atoms with Gasteiger partial charge in [0.25, 0.3) is 0 Å². The molecule has 0 unspecified atom stereocenters. The zero-order chi connectivity index (χ0) is 14.7. The summed E-state index contributed by atoms with van der Waals surface area (Å²) in [5.74, 6) is 1.01. The monoisotopic (exact) mass is 289 g/mol. The molecule has 0 saturated carbocycles. The van der Waals surface area contributed by atoms with Gasteiger partial charge in [0.15, 0.2) is 6.61 Å². The first-order valence-electron chi connectivity index (χ1n) is 5.51. The van der Waals surface area contributed by atoms with E-state index in [-0.39, 0.29) is 28.5 Å². The Morgan fingerprint density at radius 1 is 1.25 bits per heavy atom. The maximum Gasteiger partial charge on any atom is 0.412 e. The highest BCUT2D eigenvalue weighted by atomic mass is 35.5. The fourth-order valence-electron chi connectivity index (χ4n) is 1.70. The summed E-state index contributed by atoms with van der Waals surface area (Å²) in [5.41, 5.74) is 0.0663. The molecule has 0 aliphatic heterocycles. The molecule has 1 N–H and O–H groups in total. The van der Waals surface area contributed by atoms with Crippen LogP contribution < -0.4 is 5.32 Å². The van der Waals surface area contributed by atoms with Gasteiger partial charge in [-0.15, -0.1) is 6.42 Å². The van der Waals surface area contributed by atoms with Crippen LogP contribution in [-0.4, -0.2) is 24.3 Å². The number of halogens is 1. The summed E-state index contributed by atoms with van der Waals surface area (Å²) in [4.78, 5) is 35.6. The molecule has 0 radical (unpaired) electrons. The molecular weight excluding hydrogens is 282 g/mol. The summed E-state index contributed by atoms with van der Waals surface area (Å²) in [7, 11) is 0. The third-order valence-corrected chi connectivity index (χ3v) is 2.94. The molecule has 0 atom stereocenters. The molecule has 2 rings (SSSR count). The first-order chi connectivity index (χ1) is 9.56. The zero-order valence-electron chi connectivity index (χ0n) is 10.1. The Bertz CT molecular complexity index is 685. The van der Waals surface area contributed by atoms with Gasteiger partial charge in [-0.05, 0) is 0 Å². The summed E-state index contributed by atoms with van der Waals surface area (Å²) in [6.07, 6.45) is 3.99. The van der Waals surface area contributed by atoms with E-state index in [9.17, 15) is 14.4 Å². The number of alkyl carbamates (subject to hydrolysis) is 1. The third-order valence-electron chi connectivity index (χ3n) is 2.58. The molecule has 20 heavy (non-hydrogen) atoms. The molecule has 0 spiro atoms. The van der Waals surface area contributed by atoms with Crippen molar-refractivity contribution in [3.8, 4) is 12.3 Å². The van der Waals surface area contributed by atoms with Crippen LogP contribution in [0.25, 0.3) is 0 Å². The van der Waals surface area contributed by atoms with Crippen LogP contribution in [0.15, 0.2) is 35.0 Å². The van der Waals surface area contributed by atoms with Crippen LogP contribution in [0.5, 0.6) is 0 Å². The molecule has 1 aromatic rings. The number of carbonyl (C=O) groups excluding carboxylic acids is 3. The zero-order valence-corrected chi connectivity index (χ0v) is 10.9. The number of hydrogen-bond donors (Lipinski definition) is 1. The molecule has 0 aromatic heterocycles. The largest absolute Gasteiger partial charge is 0.436 e. The lowest BCUT2D eigenvalue weighted by molar-refractivity contribution is 0.0971. The number of terminal acetylenes is 1. The topological polar surface area (TPSA) is 72.5 Å². The number of benzene rings is 1. The van der Waals surface area contributed by atoms with E-state index in [4.69, 9.17) is 18.0 Å². The van der Waals surface area contributed by atoms with E-state index < -0.39 is 17.7 Å². The second-order valence-corrected chi connectivity index (χ2v) is 4.18. The smallest absolute Gasteiger partial charge is 0.412 e. The summed E-state index contributed by atoms with van der Waals surface area (Å²) in [6, 6.07) is 6.20. The fourth-order valence-corrected chi connectivity index (χ4v) is 1.94. The molecule has 1 aliphatic rings. The number of ketones is 2. The van der Waals surface area contributed by atoms with Crippen LogP contribution in [0.4, 0.5) is 4.79 Å². The minimum Gasteiger partial charge on any atom is -0.436 e. The predicted molar refractivity (Wildman–Crippen MR) is 71.3 cm³/mol. The van der Waals surface area contributed by atoms with E-state index in [0.29, 0.717) is 0 Å². The Kier molecular flexibility index (Phi) is 3.87. The van der Waals surface area contributed by atoms with Gasteiger partial charge in [0, 0.05) is 11.1 Å². The van der Waals surface area contributed by atoms with E-state index in [1.165, 1.54) is 12.1 Å². The van der Waals surface area contributed by atoms with Crippen LogP contribution in [-0.2, 0) is 4.74 Å². The molecule has 1 aromatic carbocycles. The van der Waals surface area contributed by atoms with Crippen LogP contribution in [0, 0.1) is 12.3 Å². The molecule has 0 heterocycles. The van der Waals surface area contributed by atoms with Crippen molar-refractivity contribution in [1.82, 2.24) is 5.32 Å². The van der Waals surface area contributed by atoms with Gasteiger partial charge >= 0.3 is 6.09 Å². The van der Waals surface area contributed by atoms with Gasteiger partial charge in [0.1, 0.15) is 10.7 Å². The molecule has 1 aliphatic carbocycles. The van der Waals surface area contributed by atoms with Crippen molar-refractivity contribution in [3.63, 3.8) is 0 Å². The minimum absolute atomic E-state index is 0.175. The van der Waals surface area contributed by atoms with Crippen molar-refractivity contribution < 1.29 is 19.1 Å². The minimum atomic E-state index is -0.948. The van der Waals surface area contributed by atoms with Gasteiger partial charge in [0.05, 0.1) is 0 Å². The number of carbonyl (C=O) groups is 3. The fraction of sp³-hybridized carbons (Fsp3) is 0.0714. The average molecular weight is 290 g/mol. The molecule has 100 valence electrons. The van der Waals surface area contributed by atoms with Gasteiger partial charge in [0.2, 0.25) is 11.6 Å². The van der Waals surface area contributed by atoms with Crippen LogP contribution in [0.1, 0.15) is 20.7 Å². The van der Waals surface area contributed by atoms with Gasteiger partial charge < -0.3 is 4.74 Å². The lowest BCUT2D eigenvalue weighted by atomic mass is 9.92. The third kappa shape index (κ3) is 2.42. The second kappa shape index (κ2) is 5.59. The van der Waals surface area contributed by atoms with Gasteiger partial charge in [-0.25, -0.2) is 4.79 Å². The molecule has 6 heteroatoms. The lowest BCUT2D eigenvalue weighted by Crippen LogP contribution is -2.33. The standard InChI is InChI=1S/C14H8ClNO4/c1-2-7-20-14(19)16-11-10(15)12(17)8-5-3-4-6-9(8)13(11)18/h1,3-6H,7H2,(H,16,19). The van der Waals surface area contributed by atoms with Crippen LogP contribution in [0.2, 0.25) is 0 Å². The quantitative estimate of drug-likeness (QED) is 0.844. The number of hydrogen-bond acceptors (Lipinski definition) is 4. The molecule has 0 bridgehead atoms. The van der Waals surface area contributed by atoms with Crippen molar-refractivity contribution in [2.75, 3.05) is 6.61 Å². The second-order valence-electron chi connectivity index (χ2n) is 3.80. The average Bonchev–Trinajstić information content (AvgIpc) is 2.47. The van der Waals surface area contributed by atoms with E-state index in [0.717, 1.165) is 0 Å². The van der Waals surface area contributed by atoms with E-state index in [1.807, 2.05) is 0 Å². The number of amides is 1. The maximum atomic E-state index is 12.2. The van der Waals surface area contributed by atoms with Crippen molar-refractivity contribution in [2.24, 2.45) is 0 Å². The highest BCUT2D eigenvalue weighted by Crippen LogP contribution is 2.27. The number of nitrogens with one attached hydrogen (secondary N) is 1. The lowest BCUT2D eigenvalue weighted by Gasteiger charge is -2.17. The van der Waals surface area contributed by atoms with Crippen molar-refractivity contribution in [2.45, 2.75) is 0 Å². The number of rotatable bonds is 2. The molecule has 5 nitrogen and oxygen atoms in total. The maximum absolute atomic E-state index is 12.2. The van der Waals surface area contributed by atoms with Gasteiger partial charge in [-0.1, -0.05) is 41.8 Å². The first-order valence-corrected chi connectivity index (χ1v) is 5.89. The van der Waals surface area contributed by atoms with E-state index in [2.05, 4.69) is 16.0 Å². The van der Waals surface area contributed by atoms with Gasteiger partial charge in [-0.3, -0.25) is 14.9 Å². The Morgan fingerprint density at radius 2 is 1.85 bits per heavy atom. The number of ether oxygens (including phenoxy) is 1. The Hall–Kier alpha value is -2.58. The van der Waals surface area contributed by atoms with Crippen molar-refractivity contribution in [3.05, 3.63) is 46.1 Å². The summed E-state index contributed by atoms with van der Waals surface area (Å²) >= 11 is 5.83. The normalized spacial score (nSPS) is 13.6. The Balaban J connectivity index is 2.33. The van der Waals surface area contributed by atoms with Crippen molar-refractivity contribution in [1.29, 1.82) is 0 Å². The van der Waals surface area contributed by atoms with Crippen LogP contribution >= 0.6 is 11.6 Å². The summed E-state index contributed by atoms with van der Waals surface area (Å²) < 4.78 is 4.57. The molecular formula is C14H8ClNO4. The predicted octanol–water partition coefficient (Wildman–Crippen LogP) is 1.88. The number of fused-ring (bicyclic) bond motifs is 1. The summed E-state index contributed by atoms with van der Waals surface area (Å²) in [6.45, 7) is -0.255. The summed E-state index contributed by atoms with van der Waals surface area (Å²) in [5, 5.41) is 1.79. The Morgan fingerprint density at radius 3 is 2.45 bits per heavy atom. The van der Waals surface area contributed by atoms with Crippen LogP contribution in [0.3, 0.4) is 0 Å². The number of Topliss-reactive ketones (excluding diaryl/α,β-unsaturated/α-hetero) is 2. The molecule has 0 saturated heterocycles.